The largest absolute Gasteiger partial charge is 0.198 e. The summed E-state index contributed by atoms with van der Waals surface area (Å²) in [6.07, 6.45) is 17.0. The molecule has 2 aromatic rings. The lowest BCUT2D eigenvalue weighted by Gasteiger charge is -2.36. The number of aromatic nitrogens is 3. The van der Waals surface area contributed by atoms with Crippen LogP contribution in [0.25, 0.3) is 6.08 Å². The van der Waals surface area contributed by atoms with Crippen LogP contribution in [0.2, 0.25) is 0 Å². The molecule has 0 spiro atoms. The molecule has 1 aromatic carbocycles. The molecule has 120 valence electrons. The zero-order chi connectivity index (χ0) is 15.5. The molecule has 1 aromatic heterocycles. The highest BCUT2D eigenvalue weighted by molar-refractivity contribution is 5.62. The number of nitrogens with one attached hydrogen (secondary N) is 1. The fourth-order valence-electron chi connectivity index (χ4n) is 4.53. The monoisotopic (exact) mass is 307 g/mol. The molecule has 1 atom stereocenters. The van der Waals surface area contributed by atoms with Crippen molar-refractivity contribution in [3.8, 4) is 0 Å². The fourth-order valence-corrected chi connectivity index (χ4v) is 4.53. The Hall–Kier alpha value is -1.90. The molecule has 3 heteroatoms. The second kappa shape index (κ2) is 6.31. The summed E-state index contributed by atoms with van der Waals surface area (Å²) < 4.78 is 0. The van der Waals surface area contributed by atoms with Gasteiger partial charge in [-0.2, -0.15) is 15.4 Å². The van der Waals surface area contributed by atoms with E-state index in [0.29, 0.717) is 5.92 Å². The quantitative estimate of drug-likeness (QED) is 0.868. The van der Waals surface area contributed by atoms with Crippen molar-refractivity contribution in [2.75, 3.05) is 0 Å². The van der Waals surface area contributed by atoms with Gasteiger partial charge in [0.2, 0.25) is 0 Å². The number of hydrogen-bond donors (Lipinski definition) is 1. The Bertz CT molecular complexity index is 664. The normalized spacial score (nSPS) is 23.2. The number of aromatic amines is 1. The maximum Gasteiger partial charge on any atom is 0.0886 e. The summed E-state index contributed by atoms with van der Waals surface area (Å²) in [6.45, 7) is 0. The van der Waals surface area contributed by atoms with Gasteiger partial charge in [-0.1, -0.05) is 68.5 Å². The van der Waals surface area contributed by atoms with E-state index in [2.05, 4.69) is 51.8 Å². The lowest BCUT2D eigenvalue weighted by atomic mass is 9.68. The minimum absolute atomic E-state index is 0.180. The maximum absolute atomic E-state index is 4.52. The van der Waals surface area contributed by atoms with Crippen LogP contribution in [0.4, 0.5) is 0 Å². The first-order valence-electron chi connectivity index (χ1n) is 9.01. The van der Waals surface area contributed by atoms with Crippen LogP contribution in [0.15, 0.2) is 36.5 Å². The summed E-state index contributed by atoms with van der Waals surface area (Å²) in [4.78, 5) is 0. The van der Waals surface area contributed by atoms with Crippen LogP contribution < -0.4 is 0 Å². The Labute approximate surface area is 138 Å². The first-order valence-corrected chi connectivity index (χ1v) is 9.01. The zero-order valence-electron chi connectivity index (χ0n) is 13.7. The molecule has 1 heterocycles. The number of nitrogens with zero attached hydrogens (tertiary/aromatic N) is 2. The van der Waals surface area contributed by atoms with Crippen molar-refractivity contribution in [3.05, 3.63) is 53.4 Å². The Morgan fingerprint density at radius 3 is 2.61 bits per heavy atom. The zero-order valence-corrected chi connectivity index (χ0v) is 13.7. The topological polar surface area (TPSA) is 41.6 Å². The van der Waals surface area contributed by atoms with Gasteiger partial charge in [-0.25, -0.2) is 0 Å². The SMILES string of the molecule is C1=CC(CC2(c3cn[nH]n3)CCCCCCC2)c2ccccc21. The van der Waals surface area contributed by atoms with Gasteiger partial charge in [-0.15, -0.1) is 0 Å². The number of rotatable bonds is 3. The van der Waals surface area contributed by atoms with Gasteiger partial charge < -0.3 is 0 Å². The molecule has 1 unspecified atom stereocenters. The smallest absolute Gasteiger partial charge is 0.0886 e. The van der Waals surface area contributed by atoms with Gasteiger partial charge in [-0.05, 0) is 30.4 Å². The summed E-state index contributed by atoms with van der Waals surface area (Å²) in [7, 11) is 0. The number of allylic oxidation sites excluding steroid dienone is 1. The van der Waals surface area contributed by atoms with Crippen molar-refractivity contribution in [2.45, 2.75) is 62.7 Å². The van der Waals surface area contributed by atoms with Gasteiger partial charge in [-0.3, -0.25) is 0 Å². The average Bonchev–Trinajstić information content (AvgIpc) is 3.21. The van der Waals surface area contributed by atoms with Crippen LogP contribution in [0.3, 0.4) is 0 Å². The highest BCUT2D eigenvalue weighted by Crippen LogP contribution is 2.46. The van der Waals surface area contributed by atoms with Gasteiger partial charge in [0.25, 0.3) is 0 Å². The van der Waals surface area contributed by atoms with E-state index < -0.39 is 0 Å². The van der Waals surface area contributed by atoms with E-state index in [9.17, 15) is 0 Å². The van der Waals surface area contributed by atoms with Crippen LogP contribution >= 0.6 is 0 Å². The van der Waals surface area contributed by atoms with Crippen LogP contribution in [-0.4, -0.2) is 15.4 Å². The molecule has 1 fully saturated rings. The van der Waals surface area contributed by atoms with E-state index in [0.717, 1.165) is 6.42 Å². The predicted octanol–water partition coefficient (Wildman–Crippen LogP) is 4.99. The van der Waals surface area contributed by atoms with E-state index in [1.165, 1.54) is 61.8 Å². The molecule has 3 nitrogen and oxygen atoms in total. The van der Waals surface area contributed by atoms with Crippen molar-refractivity contribution in [2.24, 2.45) is 0 Å². The molecule has 0 saturated heterocycles. The van der Waals surface area contributed by atoms with E-state index in [4.69, 9.17) is 0 Å². The summed E-state index contributed by atoms with van der Waals surface area (Å²) in [5, 5.41) is 11.5. The molecular weight excluding hydrogens is 282 g/mol. The lowest BCUT2D eigenvalue weighted by molar-refractivity contribution is 0.278. The third-order valence-electron chi connectivity index (χ3n) is 5.78. The van der Waals surface area contributed by atoms with Gasteiger partial charge in [0.05, 0.1) is 11.9 Å². The maximum atomic E-state index is 4.52. The van der Waals surface area contributed by atoms with E-state index in [1.54, 1.807) is 0 Å². The van der Waals surface area contributed by atoms with Gasteiger partial charge in [0.15, 0.2) is 0 Å². The Morgan fingerprint density at radius 2 is 1.83 bits per heavy atom. The first-order chi connectivity index (χ1) is 11.4. The van der Waals surface area contributed by atoms with E-state index in [-0.39, 0.29) is 5.41 Å². The number of hydrogen-bond acceptors (Lipinski definition) is 2. The minimum Gasteiger partial charge on any atom is -0.198 e. The Kier molecular flexibility index (Phi) is 4.02. The van der Waals surface area contributed by atoms with Crippen molar-refractivity contribution in [1.29, 1.82) is 0 Å². The summed E-state index contributed by atoms with van der Waals surface area (Å²) in [5.74, 6) is 0.516. The third kappa shape index (κ3) is 2.85. The van der Waals surface area contributed by atoms with Gasteiger partial charge >= 0.3 is 0 Å². The van der Waals surface area contributed by atoms with Crippen molar-refractivity contribution in [1.82, 2.24) is 15.4 Å². The number of H-pyrrole nitrogens is 1. The summed E-state index contributed by atoms with van der Waals surface area (Å²) in [6, 6.07) is 8.82. The molecule has 4 rings (SSSR count). The Balaban J connectivity index is 1.65. The van der Waals surface area contributed by atoms with Gasteiger partial charge in [0, 0.05) is 11.3 Å². The number of fused-ring (bicyclic) bond motifs is 1. The van der Waals surface area contributed by atoms with Crippen LogP contribution in [0.5, 0.6) is 0 Å². The fraction of sp³-hybridized carbons (Fsp3) is 0.500. The molecule has 23 heavy (non-hydrogen) atoms. The third-order valence-corrected chi connectivity index (χ3v) is 5.78. The molecule has 2 aliphatic carbocycles. The molecule has 0 bridgehead atoms. The van der Waals surface area contributed by atoms with E-state index in [1.807, 2.05) is 6.20 Å². The van der Waals surface area contributed by atoms with Crippen molar-refractivity contribution >= 4 is 6.08 Å². The predicted molar refractivity (Wildman–Crippen MR) is 93.2 cm³/mol. The molecule has 0 aliphatic heterocycles. The van der Waals surface area contributed by atoms with Crippen LogP contribution in [0, 0.1) is 0 Å². The van der Waals surface area contributed by atoms with Gasteiger partial charge in [0.1, 0.15) is 0 Å². The number of benzene rings is 1. The summed E-state index contributed by atoms with van der Waals surface area (Å²) >= 11 is 0. The molecule has 1 N–H and O–H groups in total. The highest BCUT2D eigenvalue weighted by Gasteiger charge is 2.37. The standard InChI is InChI=1S/C20H25N3/c1-2-6-12-20(13-7-3-1,19-15-21-23-22-19)14-17-11-10-16-8-4-5-9-18(16)17/h4-5,8-11,15,17H,1-3,6-7,12-14H2,(H,21,22,23). The molecular formula is C20H25N3. The lowest BCUT2D eigenvalue weighted by Crippen LogP contribution is -2.30. The Morgan fingerprint density at radius 1 is 1.04 bits per heavy atom. The summed E-state index contributed by atoms with van der Waals surface area (Å²) in [5.41, 5.74) is 4.23. The second-order valence-electron chi connectivity index (χ2n) is 7.20. The highest BCUT2D eigenvalue weighted by atomic mass is 15.3. The molecule has 0 amide bonds. The van der Waals surface area contributed by atoms with Crippen molar-refractivity contribution < 1.29 is 0 Å². The average molecular weight is 307 g/mol. The first kappa shape index (κ1) is 14.7. The molecule has 2 aliphatic rings. The van der Waals surface area contributed by atoms with E-state index >= 15 is 0 Å². The minimum atomic E-state index is 0.180. The molecule has 1 saturated carbocycles. The van der Waals surface area contributed by atoms with Crippen LogP contribution in [-0.2, 0) is 5.41 Å². The molecule has 0 radical (unpaired) electrons. The second-order valence-corrected chi connectivity index (χ2v) is 7.20. The van der Waals surface area contributed by atoms with Crippen molar-refractivity contribution in [3.63, 3.8) is 0 Å². The van der Waals surface area contributed by atoms with Crippen LogP contribution in [0.1, 0.15) is 74.1 Å².